The second-order valence-electron chi connectivity index (χ2n) is 4.12. The molecule has 0 spiro atoms. The number of amides is 1. The van der Waals surface area contributed by atoms with E-state index in [0.29, 0.717) is 12.5 Å². The van der Waals surface area contributed by atoms with Gasteiger partial charge in [0, 0.05) is 6.20 Å². The molecule has 0 aliphatic heterocycles. The van der Waals surface area contributed by atoms with Crippen molar-refractivity contribution in [1.82, 2.24) is 10.3 Å². The second-order valence-corrected chi connectivity index (χ2v) is 4.12. The Morgan fingerprint density at radius 2 is 2.11 bits per heavy atom. The Labute approximate surface area is 102 Å². The van der Waals surface area contributed by atoms with Gasteiger partial charge in [-0.15, -0.1) is 0 Å². The van der Waals surface area contributed by atoms with Crippen molar-refractivity contribution in [3.05, 3.63) is 29.6 Å². The number of alkyl halides is 3. The molecule has 0 saturated carbocycles. The normalized spacial score (nSPS) is 15.0. The van der Waals surface area contributed by atoms with Gasteiger partial charge in [0.25, 0.3) is 5.91 Å². The van der Waals surface area contributed by atoms with Crippen LogP contribution in [0.3, 0.4) is 0 Å². The summed E-state index contributed by atoms with van der Waals surface area (Å²) < 4.78 is 37.0. The number of nitrogens with zero attached hydrogens (tertiary/aromatic N) is 1. The lowest BCUT2D eigenvalue weighted by molar-refractivity contribution is -0.249. The first-order valence-corrected chi connectivity index (χ1v) is 5.14. The summed E-state index contributed by atoms with van der Waals surface area (Å²) in [6.45, 7) is 1.29. The third kappa shape index (κ3) is 3.19. The van der Waals surface area contributed by atoms with Gasteiger partial charge in [0.05, 0.1) is 6.54 Å². The predicted molar refractivity (Wildman–Crippen MR) is 58.0 cm³/mol. The van der Waals surface area contributed by atoms with Crippen LogP contribution in [0.15, 0.2) is 18.3 Å². The van der Waals surface area contributed by atoms with Gasteiger partial charge in [0.15, 0.2) is 5.60 Å². The van der Waals surface area contributed by atoms with Gasteiger partial charge in [-0.25, -0.2) is 0 Å². The van der Waals surface area contributed by atoms with Gasteiger partial charge < -0.3 is 10.4 Å². The molecule has 1 unspecified atom stereocenters. The summed E-state index contributed by atoms with van der Waals surface area (Å²) in [5.74, 6) is -0.752. The SMILES string of the molecule is Cc1cccnc1C(=O)NCC(C)(O)C(F)(F)F. The summed E-state index contributed by atoms with van der Waals surface area (Å²) >= 11 is 0. The van der Waals surface area contributed by atoms with Crippen molar-refractivity contribution < 1.29 is 23.1 Å². The van der Waals surface area contributed by atoms with E-state index in [9.17, 15) is 18.0 Å². The number of carbonyl (C=O) groups excluding carboxylic acids is 1. The molecule has 1 atom stereocenters. The maximum Gasteiger partial charge on any atom is 0.418 e. The molecule has 0 aliphatic carbocycles. The van der Waals surface area contributed by atoms with Crippen LogP contribution in [0.25, 0.3) is 0 Å². The Kier molecular flexibility index (Phi) is 3.95. The van der Waals surface area contributed by atoms with Crippen LogP contribution in [0.2, 0.25) is 0 Å². The Hall–Kier alpha value is -1.63. The number of rotatable bonds is 3. The molecule has 0 aliphatic rings. The van der Waals surface area contributed by atoms with Gasteiger partial charge in [-0.05, 0) is 25.5 Å². The third-order valence-corrected chi connectivity index (χ3v) is 2.43. The number of hydrogen-bond acceptors (Lipinski definition) is 3. The van der Waals surface area contributed by atoms with Crippen LogP contribution >= 0.6 is 0 Å². The molecule has 0 saturated heterocycles. The van der Waals surface area contributed by atoms with Crippen molar-refractivity contribution in [3.8, 4) is 0 Å². The van der Waals surface area contributed by atoms with Gasteiger partial charge in [-0.1, -0.05) is 6.07 Å². The minimum absolute atomic E-state index is 0.0375. The highest BCUT2D eigenvalue weighted by Gasteiger charge is 2.49. The first-order valence-electron chi connectivity index (χ1n) is 5.14. The summed E-state index contributed by atoms with van der Waals surface area (Å²) in [5.41, 5.74) is -2.39. The lowest BCUT2D eigenvalue weighted by Gasteiger charge is -2.26. The van der Waals surface area contributed by atoms with Crippen molar-refractivity contribution in [1.29, 1.82) is 0 Å². The van der Waals surface area contributed by atoms with Crippen LogP contribution < -0.4 is 5.32 Å². The zero-order chi connectivity index (χ0) is 14.0. The molecular weight excluding hydrogens is 249 g/mol. The van der Waals surface area contributed by atoms with Crippen LogP contribution in [-0.2, 0) is 0 Å². The molecule has 7 heteroatoms. The summed E-state index contributed by atoms with van der Waals surface area (Å²) in [6.07, 6.45) is -3.44. The third-order valence-electron chi connectivity index (χ3n) is 2.43. The minimum atomic E-state index is -4.81. The largest absolute Gasteiger partial charge is 0.418 e. The number of aryl methyl sites for hydroxylation is 1. The number of nitrogens with one attached hydrogen (secondary N) is 1. The maximum absolute atomic E-state index is 12.3. The molecule has 0 radical (unpaired) electrons. The Morgan fingerprint density at radius 1 is 1.50 bits per heavy atom. The molecule has 18 heavy (non-hydrogen) atoms. The maximum atomic E-state index is 12.3. The van der Waals surface area contributed by atoms with Crippen molar-refractivity contribution in [2.75, 3.05) is 6.54 Å². The molecule has 1 rings (SSSR count). The predicted octanol–water partition coefficient (Wildman–Crippen LogP) is 1.43. The van der Waals surface area contributed by atoms with Crippen LogP contribution in [0, 0.1) is 6.92 Å². The lowest BCUT2D eigenvalue weighted by Crippen LogP contribution is -2.51. The molecule has 0 aromatic carbocycles. The second kappa shape index (κ2) is 4.93. The van der Waals surface area contributed by atoms with Crippen LogP contribution in [0.4, 0.5) is 13.2 Å². The van der Waals surface area contributed by atoms with Crippen LogP contribution in [0.5, 0.6) is 0 Å². The minimum Gasteiger partial charge on any atom is -0.379 e. The van der Waals surface area contributed by atoms with Gasteiger partial charge in [0.1, 0.15) is 5.69 Å². The Morgan fingerprint density at radius 3 is 2.61 bits per heavy atom. The molecule has 1 aromatic rings. The smallest absolute Gasteiger partial charge is 0.379 e. The van der Waals surface area contributed by atoms with E-state index < -0.39 is 24.2 Å². The molecule has 1 amide bonds. The molecule has 1 aromatic heterocycles. The van der Waals surface area contributed by atoms with E-state index in [4.69, 9.17) is 5.11 Å². The van der Waals surface area contributed by atoms with E-state index >= 15 is 0 Å². The summed E-state index contributed by atoms with van der Waals surface area (Å²) in [5, 5.41) is 11.2. The summed E-state index contributed by atoms with van der Waals surface area (Å²) in [7, 11) is 0. The molecule has 0 fully saturated rings. The highest BCUT2D eigenvalue weighted by atomic mass is 19.4. The average Bonchev–Trinajstić information content (AvgIpc) is 2.25. The van der Waals surface area contributed by atoms with Crippen molar-refractivity contribution >= 4 is 5.91 Å². The summed E-state index contributed by atoms with van der Waals surface area (Å²) in [4.78, 5) is 15.4. The van der Waals surface area contributed by atoms with Crippen molar-refractivity contribution in [2.45, 2.75) is 25.6 Å². The molecule has 4 nitrogen and oxygen atoms in total. The van der Waals surface area contributed by atoms with Crippen LogP contribution in [-0.4, -0.2) is 34.3 Å². The van der Waals surface area contributed by atoms with Gasteiger partial charge >= 0.3 is 6.18 Å². The Bertz CT molecular complexity index is 444. The van der Waals surface area contributed by atoms with Gasteiger partial charge in [0.2, 0.25) is 0 Å². The highest BCUT2D eigenvalue weighted by Crippen LogP contribution is 2.29. The number of carbonyl (C=O) groups is 1. The van der Waals surface area contributed by atoms with E-state index in [1.54, 1.807) is 19.1 Å². The van der Waals surface area contributed by atoms with E-state index in [1.807, 2.05) is 5.32 Å². The van der Waals surface area contributed by atoms with Crippen molar-refractivity contribution in [2.24, 2.45) is 0 Å². The average molecular weight is 262 g/mol. The lowest BCUT2D eigenvalue weighted by atomic mass is 10.1. The quantitative estimate of drug-likeness (QED) is 0.866. The summed E-state index contributed by atoms with van der Waals surface area (Å²) in [6, 6.07) is 3.22. The fourth-order valence-corrected chi connectivity index (χ4v) is 1.16. The number of aromatic nitrogens is 1. The van der Waals surface area contributed by atoms with E-state index in [1.165, 1.54) is 6.20 Å². The zero-order valence-corrected chi connectivity index (χ0v) is 9.88. The van der Waals surface area contributed by atoms with E-state index in [-0.39, 0.29) is 5.69 Å². The van der Waals surface area contributed by atoms with Crippen LogP contribution in [0.1, 0.15) is 23.0 Å². The molecular formula is C11H13F3N2O2. The van der Waals surface area contributed by atoms with E-state index in [2.05, 4.69) is 4.98 Å². The van der Waals surface area contributed by atoms with Crippen molar-refractivity contribution in [3.63, 3.8) is 0 Å². The number of halogens is 3. The number of pyridine rings is 1. The van der Waals surface area contributed by atoms with Gasteiger partial charge in [-0.3, -0.25) is 9.78 Å². The monoisotopic (exact) mass is 262 g/mol. The first kappa shape index (κ1) is 14.4. The number of aliphatic hydroxyl groups is 1. The standard InChI is InChI=1S/C11H13F3N2O2/c1-7-4-3-5-15-8(7)9(17)16-6-10(2,18)11(12,13)14/h3-5,18H,6H2,1-2H3,(H,16,17). The first-order chi connectivity index (χ1) is 8.15. The number of hydrogen-bond donors (Lipinski definition) is 2. The fraction of sp³-hybridized carbons (Fsp3) is 0.455. The van der Waals surface area contributed by atoms with Gasteiger partial charge in [-0.2, -0.15) is 13.2 Å². The molecule has 100 valence electrons. The Balaban J connectivity index is 2.71. The molecule has 0 bridgehead atoms. The zero-order valence-electron chi connectivity index (χ0n) is 9.88. The fourth-order valence-electron chi connectivity index (χ4n) is 1.16. The molecule has 2 N–H and O–H groups in total. The highest BCUT2D eigenvalue weighted by molar-refractivity contribution is 5.93. The van der Waals surface area contributed by atoms with E-state index in [0.717, 1.165) is 0 Å². The topological polar surface area (TPSA) is 62.2 Å². The molecule has 1 heterocycles.